The Morgan fingerprint density at radius 3 is 0.862 bits per heavy atom. The number of aryl methyl sites for hydroxylation is 3. The number of halogens is 1. The number of ether oxygens (including phenoxy) is 7. The molecule has 0 saturated heterocycles. The number of amides is 5. The molecule has 43 nitrogen and oxygen atoms in total. The Kier molecular flexibility index (Phi) is 29.4. The molecular formula is C94H108BrN31O12. The molecule has 5 aliphatic heterocycles. The van der Waals surface area contributed by atoms with Crippen molar-refractivity contribution in [3.8, 4) is 11.6 Å². The van der Waals surface area contributed by atoms with Gasteiger partial charge in [0.05, 0.1) is 121 Å². The third kappa shape index (κ3) is 22.1. The van der Waals surface area contributed by atoms with Crippen LogP contribution in [0.1, 0.15) is 131 Å². The number of nitrogens with zero attached hydrogens (tertiary/aromatic N) is 16. The number of hydrogen-bond donors (Lipinski definition) is 15. The Hall–Kier alpha value is -15.6. The zero-order valence-corrected chi connectivity index (χ0v) is 80.3. The summed E-state index contributed by atoms with van der Waals surface area (Å²) >= 11 is 3.56. The van der Waals surface area contributed by atoms with Gasteiger partial charge >= 0.3 is 0 Å². The minimum absolute atomic E-state index is 0.134. The molecule has 5 aliphatic rings. The van der Waals surface area contributed by atoms with E-state index in [4.69, 9.17) is 33.2 Å². The van der Waals surface area contributed by atoms with Gasteiger partial charge in [-0.2, -0.15) is 48.1 Å². The molecule has 16 heterocycles. The van der Waals surface area contributed by atoms with Crippen LogP contribution in [0.3, 0.4) is 0 Å². The highest BCUT2D eigenvalue weighted by Crippen LogP contribution is 2.39. The van der Waals surface area contributed by atoms with Gasteiger partial charge in [0.1, 0.15) is 91.7 Å². The molecule has 0 spiro atoms. The van der Waals surface area contributed by atoms with Crippen molar-refractivity contribution in [2.75, 3.05) is 136 Å². The molecule has 0 unspecified atom stereocenters. The Balaban J connectivity index is 0.000000125. The maximum atomic E-state index is 12.8. The lowest BCUT2D eigenvalue weighted by Gasteiger charge is -2.18. The lowest BCUT2D eigenvalue weighted by Crippen LogP contribution is -2.35. The number of benzene rings is 4. The molecule has 20 bridgehead atoms. The minimum Gasteiger partial charge on any atom is -0.493 e. The molecule has 718 valence electrons. The van der Waals surface area contributed by atoms with Crippen molar-refractivity contribution in [1.29, 1.82) is 0 Å². The zero-order chi connectivity index (χ0) is 97.1. The number of aromatic nitrogens is 16. The normalized spacial score (nSPS) is 17.1. The van der Waals surface area contributed by atoms with Gasteiger partial charge in [-0.25, -0.2) is 29.9 Å². The first-order valence-electron chi connectivity index (χ1n) is 44.5. The minimum atomic E-state index is -0.257. The Labute approximate surface area is 800 Å². The standard InChI is InChI=1S/C19H21BrN6O3.3C19H22N6O2.C18H21N7O3/c1-10-8-29-9-11-4-13(20)17(28-3)14(5-11)24-15-6-16(21-2)26-18(25-15)12(7-22-26)19(27)23-10;3*1-11-4-13-6-14(5-11)23-16-7-17(20-3)25-18(24-16)15(8-21-25)19(26)22-12(2)9-27-10-13;1-10-8-28-9-11-4-13(18(27-3)20-6-11)23-14-5-15(19-2)25-16(24-14)12(7-21-25)17(26)22-10/h4-7,10,21H,8-9H2,1-3H3,(H,23,27)(H,24,25);3*4-8,12,20H,9-10H2,1-3H3,(H,22,26)(H,23,24);4-7,10,19H,8-9H2,1-3H3,(H,22,26)(H,23,24)/t10-;3*12-;10-/m11111/s1. The molecule has 138 heavy (non-hydrogen) atoms. The Bertz CT molecular complexity index is 6690. The summed E-state index contributed by atoms with van der Waals surface area (Å²) in [4.78, 5) is 91.0. The first kappa shape index (κ1) is 95.5. The predicted octanol–water partition coefficient (Wildman–Crippen LogP) is 11.9. The Morgan fingerprint density at radius 2 is 0.587 bits per heavy atom. The second-order valence-corrected chi connectivity index (χ2v) is 34.5. The van der Waals surface area contributed by atoms with Crippen molar-refractivity contribution in [1.82, 2.24) is 105 Å². The summed E-state index contributed by atoms with van der Waals surface area (Å²) in [7, 11) is 12.2. The zero-order valence-electron chi connectivity index (χ0n) is 78.7. The van der Waals surface area contributed by atoms with E-state index < -0.39 is 0 Å². The predicted molar refractivity (Wildman–Crippen MR) is 527 cm³/mol. The van der Waals surface area contributed by atoms with Crippen LogP contribution in [0.15, 0.2) is 145 Å². The lowest BCUT2D eigenvalue weighted by molar-refractivity contribution is 0.0816. The SMILES string of the molecule is CNc1cc2nc3c(cnn13)C(=O)N[C@H](C)COCc1cc(Br)c(OC)c(c1)N2.CNc1cc2nc3c(cnn13)C(=O)N[C@H](C)COCc1cc(C)cc(c1)N2.CNc1cc2nc3c(cnn13)C(=O)N[C@H](C)COCc1cc(C)cc(c1)N2.CNc1cc2nc3c(cnn13)C(=O)N[C@H](C)COCc1cc(C)cc(c1)N2.CNc1cc2nc3c(cnn13)C(=O)N[C@H](C)COCc1cnc(OC)c(c1)N2. The number of carbonyl (C=O) groups is 5. The Morgan fingerprint density at radius 1 is 0.326 bits per heavy atom. The summed E-state index contributed by atoms with van der Waals surface area (Å²) in [6.07, 6.45) is 9.32. The number of nitrogens with one attached hydrogen (secondary N) is 15. The van der Waals surface area contributed by atoms with Crippen LogP contribution in [0.4, 0.5) is 86.6 Å². The van der Waals surface area contributed by atoms with Gasteiger partial charge < -0.3 is 113 Å². The molecule has 0 saturated carbocycles. The van der Waals surface area contributed by atoms with Crippen LogP contribution in [0.2, 0.25) is 0 Å². The number of hydrogen-bond acceptors (Lipinski definition) is 33. The highest BCUT2D eigenvalue weighted by Gasteiger charge is 2.28. The number of carbonyl (C=O) groups excluding carboxylic acids is 5. The third-order valence-corrected chi connectivity index (χ3v) is 22.7. The fourth-order valence-corrected chi connectivity index (χ4v) is 16.6. The van der Waals surface area contributed by atoms with E-state index in [-0.39, 0.29) is 59.7 Å². The average Bonchev–Trinajstić information content (AvgIpc) is 1.64. The quantitative estimate of drug-likeness (QED) is 0.0704. The van der Waals surface area contributed by atoms with Crippen LogP contribution in [-0.4, -0.2) is 220 Å². The van der Waals surface area contributed by atoms with Crippen LogP contribution in [0, 0.1) is 20.8 Å². The van der Waals surface area contributed by atoms with Crippen molar-refractivity contribution >= 4 is 160 Å². The molecule has 44 heteroatoms. The fourth-order valence-electron chi connectivity index (χ4n) is 15.9. The molecule has 11 aromatic heterocycles. The van der Waals surface area contributed by atoms with Crippen molar-refractivity contribution in [2.24, 2.45) is 0 Å². The second kappa shape index (κ2) is 42.5. The smallest absolute Gasteiger partial charge is 0.257 e. The first-order valence-corrected chi connectivity index (χ1v) is 45.3. The molecule has 15 aromatic rings. The number of anilines is 15. The van der Waals surface area contributed by atoms with E-state index >= 15 is 0 Å². The monoisotopic (exact) mass is 1940 g/mol. The van der Waals surface area contributed by atoms with E-state index in [1.54, 1.807) is 63.2 Å². The number of fused-ring (bicyclic) bond motifs is 15. The molecule has 20 rings (SSSR count). The third-order valence-electron chi connectivity index (χ3n) is 22.1. The summed E-state index contributed by atoms with van der Waals surface area (Å²) < 4.78 is 48.6. The second-order valence-electron chi connectivity index (χ2n) is 33.6. The summed E-state index contributed by atoms with van der Waals surface area (Å²) in [6.45, 7) is 19.8. The molecule has 15 N–H and O–H groups in total. The van der Waals surface area contributed by atoms with Gasteiger partial charge in [-0.1, -0.05) is 18.2 Å². The maximum Gasteiger partial charge on any atom is 0.257 e. The summed E-state index contributed by atoms with van der Waals surface area (Å²) in [5.41, 5.74) is 16.9. The van der Waals surface area contributed by atoms with Gasteiger partial charge in [0.15, 0.2) is 34.0 Å². The topological polar surface area (TPSA) is 494 Å². The first-order chi connectivity index (χ1) is 66.7. The van der Waals surface area contributed by atoms with Gasteiger partial charge in [0, 0.05) is 119 Å². The molecule has 5 amide bonds. The van der Waals surface area contributed by atoms with E-state index in [1.165, 1.54) is 31.0 Å². The van der Waals surface area contributed by atoms with Crippen LogP contribution < -0.4 is 89.2 Å². The molecule has 0 radical (unpaired) electrons. The van der Waals surface area contributed by atoms with Crippen molar-refractivity contribution < 1.29 is 57.1 Å². The molecule has 4 aromatic carbocycles. The summed E-state index contributed by atoms with van der Waals surface area (Å²) in [6, 6.07) is 32.8. The van der Waals surface area contributed by atoms with Gasteiger partial charge in [-0.05, 0) is 170 Å². The largest absolute Gasteiger partial charge is 0.493 e. The number of rotatable bonds is 7. The highest BCUT2D eigenvalue weighted by atomic mass is 79.9. The van der Waals surface area contributed by atoms with Crippen LogP contribution in [0.25, 0.3) is 28.2 Å². The average molecular weight is 1940 g/mol. The van der Waals surface area contributed by atoms with Crippen LogP contribution >= 0.6 is 15.9 Å². The van der Waals surface area contributed by atoms with E-state index in [0.717, 1.165) is 89.2 Å². The number of methoxy groups -OCH3 is 2. The molecule has 5 atom stereocenters. The van der Waals surface area contributed by atoms with Gasteiger partial charge in [-0.15, -0.1) is 0 Å². The molecule has 0 fully saturated rings. The van der Waals surface area contributed by atoms with Crippen molar-refractivity contribution in [3.63, 3.8) is 0 Å². The van der Waals surface area contributed by atoms with Crippen molar-refractivity contribution in [2.45, 2.75) is 119 Å². The van der Waals surface area contributed by atoms with E-state index in [0.29, 0.717) is 180 Å². The van der Waals surface area contributed by atoms with Crippen LogP contribution in [0.5, 0.6) is 11.6 Å². The van der Waals surface area contributed by atoms with Gasteiger partial charge in [0.2, 0.25) is 5.88 Å². The van der Waals surface area contributed by atoms with E-state index in [1.807, 2.05) is 155 Å². The molecule has 0 aliphatic carbocycles. The maximum absolute atomic E-state index is 12.8. The summed E-state index contributed by atoms with van der Waals surface area (Å²) in [5.74, 6) is 6.43. The van der Waals surface area contributed by atoms with Gasteiger partial charge in [-0.3, -0.25) is 24.0 Å². The number of pyridine rings is 1. The lowest BCUT2D eigenvalue weighted by atomic mass is 10.1. The summed E-state index contributed by atoms with van der Waals surface area (Å²) in [5, 5.41) is 68.2. The molecular weight excluding hydrogens is 1840 g/mol. The van der Waals surface area contributed by atoms with Crippen LogP contribution in [-0.2, 0) is 56.7 Å². The van der Waals surface area contributed by atoms with E-state index in [2.05, 4.69) is 169 Å². The van der Waals surface area contributed by atoms with E-state index in [9.17, 15) is 24.0 Å². The van der Waals surface area contributed by atoms with Crippen molar-refractivity contribution in [3.05, 3.63) is 217 Å². The van der Waals surface area contributed by atoms with Gasteiger partial charge in [0.25, 0.3) is 29.5 Å². The highest BCUT2D eigenvalue weighted by molar-refractivity contribution is 9.10. The fraction of sp³-hybridized carbons (Fsp3) is 0.319.